The van der Waals surface area contributed by atoms with Crippen molar-refractivity contribution in [3.05, 3.63) is 0 Å². The first-order chi connectivity index (χ1) is 6.58. The molecule has 1 aliphatic carbocycles. The van der Waals surface area contributed by atoms with Crippen LogP contribution in [0.5, 0.6) is 0 Å². The van der Waals surface area contributed by atoms with Gasteiger partial charge in [0.1, 0.15) is 0 Å². The highest BCUT2D eigenvalue weighted by atomic mass is 16.1. The van der Waals surface area contributed by atoms with E-state index in [4.69, 9.17) is 0 Å². The Morgan fingerprint density at radius 2 is 1.86 bits per heavy atom. The maximum atomic E-state index is 10.9. The van der Waals surface area contributed by atoms with Gasteiger partial charge in [0, 0.05) is 19.5 Å². The monoisotopic (exact) mass is 198 g/mol. The van der Waals surface area contributed by atoms with Crippen LogP contribution in [-0.2, 0) is 4.79 Å². The van der Waals surface area contributed by atoms with Crippen LogP contribution in [0, 0.1) is 5.92 Å². The van der Waals surface area contributed by atoms with Crippen LogP contribution in [0.15, 0.2) is 0 Å². The molecule has 1 aliphatic rings. The van der Waals surface area contributed by atoms with Gasteiger partial charge in [-0.25, -0.2) is 0 Å². The lowest BCUT2D eigenvalue weighted by Crippen LogP contribution is -2.37. The number of nitrogens with zero attached hydrogens (tertiary/aromatic N) is 1. The van der Waals surface area contributed by atoms with Crippen molar-refractivity contribution in [2.24, 2.45) is 5.92 Å². The van der Waals surface area contributed by atoms with E-state index in [0.29, 0.717) is 6.04 Å². The minimum absolute atomic E-state index is 0.112. The van der Waals surface area contributed by atoms with Crippen molar-refractivity contribution in [1.82, 2.24) is 10.2 Å². The van der Waals surface area contributed by atoms with E-state index in [2.05, 4.69) is 24.3 Å². The molecule has 0 saturated heterocycles. The molecule has 3 heteroatoms. The number of rotatable bonds is 3. The van der Waals surface area contributed by atoms with Gasteiger partial charge < -0.3 is 10.2 Å². The molecule has 14 heavy (non-hydrogen) atoms. The molecular formula is C11H22N2O. The molecular weight excluding hydrogens is 176 g/mol. The second-order valence-electron chi connectivity index (χ2n) is 4.68. The van der Waals surface area contributed by atoms with Crippen molar-refractivity contribution >= 4 is 5.91 Å². The van der Waals surface area contributed by atoms with Crippen LogP contribution in [0.4, 0.5) is 0 Å². The Hall–Kier alpha value is -0.570. The Kier molecular flexibility index (Phi) is 4.39. The summed E-state index contributed by atoms with van der Waals surface area (Å²) in [5.41, 5.74) is 0. The van der Waals surface area contributed by atoms with Crippen LogP contribution in [-0.4, -0.2) is 37.5 Å². The molecule has 0 aromatic carbocycles. The number of hydrogen-bond donors (Lipinski definition) is 1. The average molecular weight is 198 g/mol. The van der Waals surface area contributed by atoms with Crippen molar-refractivity contribution < 1.29 is 4.79 Å². The van der Waals surface area contributed by atoms with E-state index in [0.717, 1.165) is 18.8 Å². The van der Waals surface area contributed by atoms with E-state index in [1.54, 1.807) is 6.92 Å². The van der Waals surface area contributed by atoms with Gasteiger partial charge in [0.05, 0.1) is 0 Å². The van der Waals surface area contributed by atoms with E-state index in [1.807, 2.05) is 0 Å². The van der Waals surface area contributed by atoms with E-state index in [1.165, 1.54) is 19.4 Å². The third-order valence-electron chi connectivity index (χ3n) is 2.88. The summed E-state index contributed by atoms with van der Waals surface area (Å²) >= 11 is 0. The summed E-state index contributed by atoms with van der Waals surface area (Å²) in [4.78, 5) is 13.1. The quantitative estimate of drug-likeness (QED) is 0.740. The first-order valence-corrected chi connectivity index (χ1v) is 5.49. The van der Waals surface area contributed by atoms with Crippen LogP contribution >= 0.6 is 0 Å². The number of carbonyl (C=O) groups is 1. The normalized spacial score (nSPS) is 27.7. The standard InChI is InChI=1S/C11H22N2O/c1-9(14)12-11-6-4-10(5-7-11)8-13(2)3/h10-11H,4-8H2,1-3H3,(H,12,14). The Balaban J connectivity index is 2.21. The smallest absolute Gasteiger partial charge is 0.217 e. The molecule has 1 saturated carbocycles. The van der Waals surface area contributed by atoms with Gasteiger partial charge >= 0.3 is 0 Å². The summed E-state index contributed by atoms with van der Waals surface area (Å²) < 4.78 is 0. The number of carbonyl (C=O) groups excluding carboxylic acids is 1. The van der Waals surface area contributed by atoms with Gasteiger partial charge in [-0.05, 0) is 45.7 Å². The topological polar surface area (TPSA) is 32.3 Å². The second kappa shape index (κ2) is 5.35. The van der Waals surface area contributed by atoms with Crippen molar-refractivity contribution in [1.29, 1.82) is 0 Å². The zero-order chi connectivity index (χ0) is 10.6. The van der Waals surface area contributed by atoms with Crippen LogP contribution in [0.25, 0.3) is 0 Å². The van der Waals surface area contributed by atoms with Gasteiger partial charge in [0.2, 0.25) is 5.91 Å². The van der Waals surface area contributed by atoms with E-state index < -0.39 is 0 Å². The van der Waals surface area contributed by atoms with Gasteiger partial charge in [-0.2, -0.15) is 0 Å². The summed E-state index contributed by atoms with van der Waals surface area (Å²) in [6.07, 6.45) is 4.81. The molecule has 0 aromatic rings. The predicted molar refractivity (Wildman–Crippen MR) is 58.1 cm³/mol. The largest absolute Gasteiger partial charge is 0.354 e. The van der Waals surface area contributed by atoms with Gasteiger partial charge in [0.25, 0.3) is 0 Å². The number of amides is 1. The second-order valence-corrected chi connectivity index (χ2v) is 4.68. The fraction of sp³-hybridized carbons (Fsp3) is 0.909. The molecule has 1 rings (SSSR count). The third kappa shape index (κ3) is 4.09. The Morgan fingerprint density at radius 3 is 2.29 bits per heavy atom. The maximum absolute atomic E-state index is 10.9. The minimum Gasteiger partial charge on any atom is -0.354 e. The maximum Gasteiger partial charge on any atom is 0.217 e. The molecule has 0 radical (unpaired) electrons. The fourth-order valence-electron chi connectivity index (χ4n) is 2.29. The lowest BCUT2D eigenvalue weighted by atomic mass is 9.86. The van der Waals surface area contributed by atoms with Crippen molar-refractivity contribution in [3.63, 3.8) is 0 Å². The summed E-state index contributed by atoms with van der Waals surface area (Å²) in [5.74, 6) is 0.941. The van der Waals surface area contributed by atoms with Crippen LogP contribution in [0.3, 0.4) is 0 Å². The molecule has 0 bridgehead atoms. The minimum atomic E-state index is 0.112. The van der Waals surface area contributed by atoms with E-state index >= 15 is 0 Å². The lowest BCUT2D eigenvalue weighted by Gasteiger charge is -2.30. The summed E-state index contributed by atoms with van der Waals surface area (Å²) in [6, 6.07) is 0.436. The highest BCUT2D eigenvalue weighted by Crippen LogP contribution is 2.24. The Bertz CT molecular complexity index is 184. The van der Waals surface area contributed by atoms with Crippen LogP contribution < -0.4 is 5.32 Å². The highest BCUT2D eigenvalue weighted by molar-refractivity contribution is 5.73. The zero-order valence-electron chi connectivity index (χ0n) is 9.55. The van der Waals surface area contributed by atoms with Gasteiger partial charge in [-0.3, -0.25) is 4.79 Å². The highest BCUT2D eigenvalue weighted by Gasteiger charge is 2.21. The molecule has 0 unspecified atom stereocenters. The van der Waals surface area contributed by atoms with Gasteiger partial charge in [-0.15, -0.1) is 0 Å². The van der Waals surface area contributed by atoms with Gasteiger partial charge in [0.15, 0.2) is 0 Å². The molecule has 1 fully saturated rings. The zero-order valence-corrected chi connectivity index (χ0v) is 9.55. The molecule has 3 nitrogen and oxygen atoms in total. The molecule has 0 atom stereocenters. The number of nitrogens with one attached hydrogen (secondary N) is 1. The van der Waals surface area contributed by atoms with Gasteiger partial charge in [-0.1, -0.05) is 0 Å². The first-order valence-electron chi connectivity index (χ1n) is 5.49. The average Bonchev–Trinajstić information content (AvgIpc) is 2.06. The van der Waals surface area contributed by atoms with Crippen LogP contribution in [0.1, 0.15) is 32.6 Å². The number of hydrogen-bond acceptors (Lipinski definition) is 2. The first kappa shape index (κ1) is 11.5. The van der Waals surface area contributed by atoms with Crippen LogP contribution in [0.2, 0.25) is 0 Å². The molecule has 0 aliphatic heterocycles. The molecule has 0 spiro atoms. The van der Waals surface area contributed by atoms with E-state index in [-0.39, 0.29) is 5.91 Å². The Labute approximate surface area is 86.9 Å². The van der Waals surface area contributed by atoms with E-state index in [9.17, 15) is 4.79 Å². The molecule has 1 amide bonds. The lowest BCUT2D eigenvalue weighted by molar-refractivity contribution is -0.119. The fourth-order valence-corrected chi connectivity index (χ4v) is 2.29. The van der Waals surface area contributed by atoms with Crippen molar-refractivity contribution in [3.8, 4) is 0 Å². The summed E-state index contributed by atoms with van der Waals surface area (Å²) in [6.45, 7) is 2.79. The van der Waals surface area contributed by atoms with Crippen molar-refractivity contribution in [2.45, 2.75) is 38.6 Å². The molecule has 1 N–H and O–H groups in total. The third-order valence-corrected chi connectivity index (χ3v) is 2.88. The SMILES string of the molecule is CC(=O)NC1CCC(CN(C)C)CC1. The predicted octanol–water partition coefficient (Wildman–Crippen LogP) is 1.24. The molecule has 82 valence electrons. The molecule has 0 aromatic heterocycles. The van der Waals surface area contributed by atoms with Crippen molar-refractivity contribution in [2.75, 3.05) is 20.6 Å². The summed E-state index contributed by atoms with van der Waals surface area (Å²) in [5, 5.41) is 3.00. The molecule has 0 heterocycles. The Morgan fingerprint density at radius 1 is 1.29 bits per heavy atom. The summed E-state index contributed by atoms with van der Waals surface area (Å²) in [7, 11) is 4.25.